The molecule has 2 amide bonds. The summed E-state index contributed by atoms with van der Waals surface area (Å²) in [6.45, 7) is 0.801. The third-order valence-corrected chi connectivity index (χ3v) is 3.89. The molecular weight excluding hydrogens is 296 g/mol. The lowest BCUT2D eigenvalue weighted by Crippen LogP contribution is -2.35. The van der Waals surface area contributed by atoms with Crippen LogP contribution in [0.2, 0.25) is 0 Å². The number of benzene rings is 2. The van der Waals surface area contributed by atoms with Crippen molar-refractivity contribution in [3.63, 3.8) is 0 Å². The van der Waals surface area contributed by atoms with Crippen LogP contribution in [0.4, 0.5) is 10.5 Å². The highest BCUT2D eigenvalue weighted by Gasteiger charge is 2.23. The largest absolute Gasteiger partial charge is 0.493 e. The number of nitrogens with one attached hydrogen (secondary N) is 2. The molecule has 2 heterocycles. The molecule has 0 saturated carbocycles. The summed E-state index contributed by atoms with van der Waals surface area (Å²) in [7, 11) is 0. The van der Waals surface area contributed by atoms with Gasteiger partial charge in [0, 0.05) is 23.7 Å². The molecule has 4 rings (SSSR count). The number of para-hydroxylation sites is 1. The molecule has 6 heteroatoms. The smallest absolute Gasteiger partial charge is 0.319 e. The number of fused-ring (bicyclic) bond motifs is 2. The van der Waals surface area contributed by atoms with Gasteiger partial charge in [0.15, 0.2) is 11.5 Å². The third-order valence-electron chi connectivity index (χ3n) is 3.89. The van der Waals surface area contributed by atoms with Crippen molar-refractivity contribution in [2.45, 2.75) is 12.5 Å². The molecule has 23 heavy (non-hydrogen) atoms. The highest BCUT2D eigenvalue weighted by molar-refractivity contribution is 5.90. The van der Waals surface area contributed by atoms with E-state index >= 15 is 0 Å². The van der Waals surface area contributed by atoms with Crippen molar-refractivity contribution in [3.8, 4) is 17.2 Å². The van der Waals surface area contributed by atoms with Crippen LogP contribution in [0.3, 0.4) is 0 Å². The maximum atomic E-state index is 12.3. The lowest BCUT2D eigenvalue weighted by Gasteiger charge is -2.26. The van der Waals surface area contributed by atoms with Gasteiger partial charge in [-0.3, -0.25) is 0 Å². The fourth-order valence-corrected chi connectivity index (χ4v) is 2.79. The van der Waals surface area contributed by atoms with E-state index in [1.807, 2.05) is 24.3 Å². The first-order valence-electron chi connectivity index (χ1n) is 7.48. The normalized spacial score (nSPS) is 17.8. The molecule has 0 fully saturated rings. The Labute approximate surface area is 133 Å². The van der Waals surface area contributed by atoms with E-state index in [-0.39, 0.29) is 18.9 Å². The highest BCUT2D eigenvalue weighted by atomic mass is 16.7. The third kappa shape index (κ3) is 2.75. The van der Waals surface area contributed by atoms with Gasteiger partial charge in [0.05, 0.1) is 12.6 Å². The topological polar surface area (TPSA) is 68.8 Å². The quantitative estimate of drug-likeness (QED) is 0.894. The van der Waals surface area contributed by atoms with Crippen LogP contribution >= 0.6 is 0 Å². The van der Waals surface area contributed by atoms with E-state index in [4.69, 9.17) is 14.2 Å². The minimum atomic E-state index is -0.259. The lowest BCUT2D eigenvalue weighted by molar-refractivity contribution is 0.174. The summed E-state index contributed by atoms with van der Waals surface area (Å²) in [6.07, 6.45) is 0.742. The zero-order chi connectivity index (χ0) is 15.6. The number of ether oxygens (including phenoxy) is 3. The predicted molar refractivity (Wildman–Crippen MR) is 84.0 cm³/mol. The Morgan fingerprint density at radius 1 is 1.00 bits per heavy atom. The molecule has 0 saturated heterocycles. The highest BCUT2D eigenvalue weighted by Crippen LogP contribution is 2.34. The Hall–Kier alpha value is -2.89. The number of rotatable bonds is 2. The average Bonchev–Trinajstić information content (AvgIpc) is 3.03. The number of hydrogen-bond acceptors (Lipinski definition) is 4. The van der Waals surface area contributed by atoms with Crippen molar-refractivity contribution in [1.82, 2.24) is 5.32 Å². The predicted octanol–water partition coefficient (Wildman–Crippen LogP) is 3.06. The van der Waals surface area contributed by atoms with Crippen LogP contribution in [0.5, 0.6) is 17.2 Å². The van der Waals surface area contributed by atoms with E-state index in [0.717, 1.165) is 17.7 Å². The number of anilines is 1. The molecule has 0 bridgehead atoms. The minimum absolute atomic E-state index is 0.0611. The molecule has 0 spiro atoms. The summed E-state index contributed by atoms with van der Waals surface area (Å²) in [5, 5.41) is 5.81. The van der Waals surface area contributed by atoms with Gasteiger partial charge in [0.25, 0.3) is 0 Å². The Balaban J connectivity index is 1.45. The van der Waals surface area contributed by atoms with Gasteiger partial charge in [-0.2, -0.15) is 0 Å². The van der Waals surface area contributed by atoms with Gasteiger partial charge in [0.2, 0.25) is 6.79 Å². The summed E-state index contributed by atoms with van der Waals surface area (Å²) in [5.41, 5.74) is 1.66. The van der Waals surface area contributed by atoms with Gasteiger partial charge in [-0.05, 0) is 18.2 Å². The average molecular weight is 312 g/mol. The second kappa shape index (κ2) is 5.72. The summed E-state index contributed by atoms with van der Waals surface area (Å²) < 4.78 is 16.2. The molecule has 2 aromatic rings. The Kier molecular flexibility index (Phi) is 3.42. The van der Waals surface area contributed by atoms with Crippen LogP contribution in [0, 0.1) is 0 Å². The van der Waals surface area contributed by atoms with Gasteiger partial charge in [0.1, 0.15) is 5.75 Å². The molecule has 1 atom stereocenters. The monoisotopic (exact) mass is 312 g/mol. The molecule has 2 aliphatic rings. The van der Waals surface area contributed by atoms with Crippen LogP contribution in [-0.4, -0.2) is 19.4 Å². The summed E-state index contributed by atoms with van der Waals surface area (Å²) in [5.74, 6) is 2.15. The van der Waals surface area contributed by atoms with Crippen LogP contribution in [0.25, 0.3) is 0 Å². The minimum Gasteiger partial charge on any atom is -0.493 e. The van der Waals surface area contributed by atoms with Crippen LogP contribution in [0.1, 0.15) is 18.0 Å². The molecular formula is C17H16N2O4. The first-order chi connectivity index (χ1) is 11.3. The number of hydrogen-bond donors (Lipinski definition) is 2. The van der Waals surface area contributed by atoms with Gasteiger partial charge in [-0.15, -0.1) is 0 Å². The zero-order valence-corrected chi connectivity index (χ0v) is 12.4. The van der Waals surface area contributed by atoms with Crippen LogP contribution < -0.4 is 24.8 Å². The van der Waals surface area contributed by atoms with Crippen molar-refractivity contribution < 1.29 is 19.0 Å². The first kappa shape index (κ1) is 13.8. The van der Waals surface area contributed by atoms with Crippen molar-refractivity contribution in [2.24, 2.45) is 0 Å². The molecule has 0 radical (unpaired) electrons. The second-order valence-corrected chi connectivity index (χ2v) is 5.39. The number of urea groups is 1. The number of carbonyl (C=O) groups is 1. The van der Waals surface area contributed by atoms with Gasteiger partial charge < -0.3 is 24.8 Å². The van der Waals surface area contributed by atoms with Gasteiger partial charge >= 0.3 is 6.03 Å². The molecule has 2 aliphatic heterocycles. The Morgan fingerprint density at radius 3 is 2.83 bits per heavy atom. The van der Waals surface area contributed by atoms with E-state index in [9.17, 15) is 4.79 Å². The standard InChI is InChI=1S/C17H16N2O4/c20-17(18-11-5-6-15-16(9-11)23-10-22-15)19-13-7-8-21-14-4-2-1-3-12(13)14/h1-6,9,13H,7-8,10H2,(H2,18,19,20)/t13-/m1/s1. The van der Waals surface area contributed by atoms with Crippen LogP contribution in [-0.2, 0) is 0 Å². The maximum absolute atomic E-state index is 12.3. The van der Waals surface area contributed by atoms with Crippen molar-refractivity contribution in [3.05, 3.63) is 48.0 Å². The molecule has 0 aromatic heterocycles. The molecule has 0 unspecified atom stereocenters. The van der Waals surface area contributed by atoms with E-state index < -0.39 is 0 Å². The zero-order valence-electron chi connectivity index (χ0n) is 12.4. The maximum Gasteiger partial charge on any atom is 0.319 e. The molecule has 2 N–H and O–H groups in total. The fraction of sp³-hybridized carbons (Fsp3) is 0.235. The molecule has 2 aromatic carbocycles. The molecule has 0 aliphatic carbocycles. The summed E-state index contributed by atoms with van der Waals surface area (Å²) >= 11 is 0. The SMILES string of the molecule is O=C(Nc1ccc2c(c1)OCO2)N[C@@H]1CCOc2ccccc21. The van der Waals surface area contributed by atoms with Crippen molar-refractivity contribution >= 4 is 11.7 Å². The second-order valence-electron chi connectivity index (χ2n) is 5.39. The Morgan fingerprint density at radius 2 is 1.87 bits per heavy atom. The van der Waals surface area contributed by atoms with Crippen molar-refractivity contribution in [1.29, 1.82) is 0 Å². The number of carbonyl (C=O) groups excluding carboxylic acids is 1. The lowest BCUT2D eigenvalue weighted by atomic mass is 10.0. The van der Waals surface area contributed by atoms with E-state index in [1.165, 1.54) is 0 Å². The van der Waals surface area contributed by atoms with Crippen LogP contribution in [0.15, 0.2) is 42.5 Å². The molecule has 6 nitrogen and oxygen atoms in total. The Bertz CT molecular complexity index is 747. The molecule has 118 valence electrons. The summed E-state index contributed by atoms with van der Waals surface area (Å²) in [4.78, 5) is 12.3. The first-order valence-corrected chi connectivity index (χ1v) is 7.48. The van der Waals surface area contributed by atoms with E-state index in [1.54, 1.807) is 18.2 Å². The fourth-order valence-electron chi connectivity index (χ4n) is 2.79. The number of amides is 2. The summed E-state index contributed by atoms with van der Waals surface area (Å²) in [6, 6.07) is 12.7. The van der Waals surface area contributed by atoms with Crippen molar-refractivity contribution in [2.75, 3.05) is 18.7 Å². The van der Waals surface area contributed by atoms with E-state index in [2.05, 4.69) is 10.6 Å². The van der Waals surface area contributed by atoms with Gasteiger partial charge in [-0.25, -0.2) is 4.79 Å². The van der Waals surface area contributed by atoms with E-state index in [0.29, 0.717) is 23.8 Å². The van der Waals surface area contributed by atoms with Gasteiger partial charge in [-0.1, -0.05) is 18.2 Å².